The number of alkyl halides is 1. The van der Waals surface area contributed by atoms with E-state index in [1.807, 2.05) is 0 Å². The highest BCUT2D eigenvalue weighted by atomic mass is 19.1. The van der Waals surface area contributed by atoms with E-state index in [1.165, 1.54) is 18.9 Å². The van der Waals surface area contributed by atoms with Gasteiger partial charge in [0.05, 0.1) is 5.70 Å². The molecule has 0 spiro atoms. The molecule has 14 heavy (non-hydrogen) atoms. The maximum atomic E-state index is 13.4. The molecule has 0 bridgehead atoms. The minimum Gasteiger partial charge on any atom is -0.397 e. The van der Waals surface area contributed by atoms with E-state index in [-0.39, 0.29) is 0 Å². The van der Waals surface area contributed by atoms with Crippen molar-refractivity contribution in [3.05, 3.63) is 23.5 Å². The van der Waals surface area contributed by atoms with Gasteiger partial charge in [0, 0.05) is 19.2 Å². The number of hydrogen-bond acceptors (Lipinski definition) is 3. The van der Waals surface area contributed by atoms with Crippen molar-refractivity contribution in [2.24, 2.45) is 11.6 Å². The van der Waals surface area contributed by atoms with E-state index in [2.05, 4.69) is 6.58 Å². The van der Waals surface area contributed by atoms with Crippen LogP contribution in [0, 0.1) is 0 Å². The number of nitrogens with two attached hydrogens (primary N) is 2. The summed E-state index contributed by atoms with van der Waals surface area (Å²) in [6.45, 7) is 8.44. The quantitative estimate of drug-likeness (QED) is 0.413. The largest absolute Gasteiger partial charge is 0.397 e. The minimum absolute atomic E-state index is 0.292. The lowest BCUT2D eigenvalue weighted by Gasteiger charge is -2.22. The SMILES string of the molecule is C=C(N)/C(=C(\C)CC(C)(C)F)N(C)N. The molecule has 4 heteroatoms. The molecule has 0 aromatic heterocycles. The Morgan fingerprint density at radius 3 is 2.14 bits per heavy atom. The Labute approximate surface area is 85.2 Å². The van der Waals surface area contributed by atoms with E-state index in [0.29, 0.717) is 17.8 Å². The Morgan fingerprint density at radius 2 is 1.93 bits per heavy atom. The normalized spacial score (nSPS) is 13.6. The van der Waals surface area contributed by atoms with E-state index in [1.54, 1.807) is 14.0 Å². The molecule has 4 N–H and O–H groups in total. The predicted octanol–water partition coefficient (Wildman–Crippen LogP) is 1.68. The molecule has 0 rings (SSSR count). The molecule has 0 saturated carbocycles. The zero-order valence-corrected chi connectivity index (χ0v) is 9.39. The van der Waals surface area contributed by atoms with Gasteiger partial charge in [0.15, 0.2) is 0 Å². The number of allylic oxidation sites excluding steroid dienone is 1. The molecular weight excluding hydrogens is 181 g/mol. The maximum Gasteiger partial charge on any atom is 0.109 e. The molecule has 0 aromatic rings. The molecule has 0 fully saturated rings. The van der Waals surface area contributed by atoms with Crippen molar-refractivity contribution in [3.63, 3.8) is 0 Å². The Hall–Kier alpha value is -1.03. The van der Waals surface area contributed by atoms with Crippen LogP contribution in [0.2, 0.25) is 0 Å². The third-order valence-corrected chi connectivity index (χ3v) is 1.75. The fourth-order valence-corrected chi connectivity index (χ4v) is 1.52. The molecule has 0 aromatic carbocycles. The fraction of sp³-hybridized carbons (Fsp3) is 0.600. The molecule has 0 radical (unpaired) electrons. The number of likely N-dealkylation sites (N-methyl/N-ethyl adjacent to an activating group) is 1. The zero-order chi connectivity index (χ0) is 11.5. The summed E-state index contributed by atoms with van der Waals surface area (Å²) in [4.78, 5) is 0. The van der Waals surface area contributed by atoms with Crippen molar-refractivity contribution in [1.82, 2.24) is 5.01 Å². The van der Waals surface area contributed by atoms with Gasteiger partial charge in [-0.3, -0.25) is 0 Å². The molecule has 0 atom stereocenters. The summed E-state index contributed by atoms with van der Waals surface area (Å²) in [7, 11) is 1.65. The first-order chi connectivity index (χ1) is 6.15. The molecule has 0 aliphatic carbocycles. The highest BCUT2D eigenvalue weighted by Crippen LogP contribution is 2.23. The first-order valence-electron chi connectivity index (χ1n) is 4.47. The van der Waals surface area contributed by atoms with Gasteiger partial charge in [0.1, 0.15) is 5.67 Å². The summed E-state index contributed by atoms with van der Waals surface area (Å²) in [5.74, 6) is 5.57. The topological polar surface area (TPSA) is 55.3 Å². The molecule has 0 saturated heterocycles. The third kappa shape index (κ3) is 4.28. The Morgan fingerprint density at radius 1 is 1.50 bits per heavy atom. The Bertz CT molecular complexity index is 249. The van der Waals surface area contributed by atoms with Crippen molar-refractivity contribution in [2.45, 2.75) is 32.9 Å². The number of hydrazine groups is 1. The lowest BCUT2D eigenvalue weighted by atomic mass is 9.99. The van der Waals surface area contributed by atoms with Crippen molar-refractivity contribution >= 4 is 0 Å². The van der Waals surface area contributed by atoms with Crippen LogP contribution >= 0.6 is 0 Å². The van der Waals surface area contributed by atoms with E-state index in [0.717, 1.165) is 5.57 Å². The van der Waals surface area contributed by atoms with Crippen molar-refractivity contribution in [2.75, 3.05) is 7.05 Å². The van der Waals surface area contributed by atoms with E-state index in [9.17, 15) is 4.39 Å². The maximum absolute atomic E-state index is 13.4. The van der Waals surface area contributed by atoms with Gasteiger partial charge >= 0.3 is 0 Å². The highest BCUT2D eigenvalue weighted by Gasteiger charge is 2.19. The molecule has 0 amide bonds. The van der Waals surface area contributed by atoms with E-state index >= 15 is 0 Å². The smallest absolute Gasteiger partial charge is 0.109 e. The van der Waals surface area contributed by atoms with Crippen LogP contribution in [0.1, 0.15) is 27.2 Å². The summed E-state index contributed by atoms with van der Waals surface area (Å²) in [6.07, 6.45) is 0.292. The van der Waals surface area contributed by atoms with E-state index < -0.39 is 5.67 Å². The van der Waals surface area contributed by atoms with Crippen LogP contribution in [0.4, 0.5) is 4.39 Å². The second-order valence-corrected chi connectivity index (χ2v) is 4.16. The number of halogens is 1. The van der Waals surface area contributed by atoms with Gasteiger partial charge in [0.25, 0.3) is 0 Å². The van der Waals surface area contributed by atoms with Gasteiger partial charge in [0.2, 0.25) is 0 Å². The number of rotatable bonds is 4. The Kier molecular flexibility index (Phi) is 4.13. The fourth-order valence-electron chi connectivity index (χ4n) is 1.52. The summed E-state index contributed by atoms with van der Waals surface area (Å²) >= 11 is 0. The second-order valence-electron chi connectivity index (χ2n) is 4.16. The monoisotopic (exact) mass is 201 g/mol. The molecule has 3 nitrogen and oxygen atoms in total. The second kappa shape index (κ2) is 4.46. The minimum atomic E-state index is -1.26. The van der Waals surface area contributed by atoms with Crippen LogP contribution in [-0.2, 0) is 0 Å². The van der Waals surface area contributed by atoms with Crippen LogP contribution < -0.4 is 11.6 Å². The van der Waals surface area contributed by atoms with Gasteiger partial charge in [-0.05, 0) is 26.3 Å². The van der Waals surface area contributed by atoms with Gasteiger partial charge in [-0.25, -0.2) is 10.2 Å². The third-order valence-electron chi connectivity index (χ3n) is 1.75. The summed E-state index contributed by atoms with van der Waals surface area (Å²) < 4.78 is 13.4. The lowest BCUT2D eigenvalue weighted by Crippen LogP contribution is -2.30. The van der Waals surface area contributed by atoms with Gasteiger partial charge in [-0.15, -0.1) is 0 Å². The predicted molar refractivity (Wildman–Crippen MR) is 57.8 cm³/mol. The molecule has 0 aliphatic heterocycles. The van der Waals surface area contributed by atoms with Crippen molar-refractivity contribution in [3.8, 4) is 0 Å². The summed E-state index contributed by atoms with van der Waals surface area (Å²) in [5.41, 5.74) is 6.06. The standard InChI is InChI=1S/C10H20FN3/c1-7(6-10(3,4)11)9(8(2)12)14(5)13/h2,6,12-13H2,1,3-5H3/b9-7-. The van der Waals surface area contributed by atoms with Crippen LogP contribution in [0.3, 0.4) is 0 Å². The van der Waals surface area contributed by atoms with Gasteiger partial charge in [-0.2, -0.15) is 0 Å². The molecular formula is C10H20FN3. The summed E-state index contributed by atoms with van der Waals surface area (Å²) in [5, 5.41) is 1.36. The van der Waals surface area contributed by atoms with Crippen LogP contribution in [0.15, 0.2) is 23.5 Å². The molecule has 0 heterocycles. The number of nitrogens with zero attached hydrogens (tertiary/aromatic N) is 1. The average molecular weight is 201 g/mol. The molecule has 0 unspecified atom stereocenters. The first-order valence-corrected chi connectivity index (χ1v) is 4.47. The molecule has 82 valence electrons. The van der Waals surface area contributed by atoms with Crippen LogP contribution in [-0.4, -0.2) is 17.7 Å². The first kappa shape index (κ1) is 13.0. The van der Waals surface area contributed by atoms with Crippen LogP contribution in [0.5, 0.6) is 0 Å². The molecule has 0 aliphatic rings. The van der Waals surface area contributed by atoms with Crippen LogP contribution in [0.25, 0.3) is 0 Å². The van der Waals surface area contributed by atoms with Crippen molar-refractivity contribution in [1.29, 1.82) is 0 Å². The van der Waals surface area contributed by atoms with Crippen molar-refractivity contribution < 1.29 is 4.39 Å². The van der Waals surface area contributed by atoms with Gasteiger partial charge in [-0.1, -0.05) is 6.58 Å². The highest BCUT2D eigenvalue weighted by molar-refractivity contribution is 5.29. The summed E-state index contributed by atoms with van der Waals surface area (Å²) in [6, 6.07) is 0. The lowest BCUT2D eigenvalue weighted by molar-refractivity contribution is 0.215. The van der Waals surface area contributed by atoms with E-state index in [4.69, 9.17) is 11.6 Å². The average Bonchev–Trinajstić information content (AvgIpc) is 1.78. The number of hydrogen-bond donors (Lipinski definition) is 2. The Balaban J connectivity index is 4.93. The zero-order valence-electron chi connectivity index (χ0n) is 9.39. The van der Waals surface area contributed by atoms with Gasteiger partial charge < -0.3 is 10.7 Å².